The van der Waals surface area contributed by atoms with Gasteiger partial charge < -0.3 is 36.2 Å². The van der Waals surface area contributed by atoms with E-state index in [4.69, 9.17) is 0 Å². The van der Waals surface area contributed by atoms with E-state index in [0.29, 0.717) is 4.88 Å². The minimum Gasteiger partial charge on any atom is -0.394 e. The normalized spacial score (nSPS) is 25.5. The second kappa shape index (κ2) is 15.9. The van der Waals surface area contributed by atoms with Crippen LogP contribution in [0, 0.1) is 5.92 Å². The van der Waals surface area contributed by atoms with E-state index in [2.05, 4.69) is 21.3 Å². The molecule has 0 saturated carbocycles. The molecule has 264 valence electrons. The molecule has 49 heavy (non-hydrogen) atoms. The van der Waals surface area contributed by atoms with Crippen LogP contribution in [0.3, 0.4) is 0 Å². The number of thiophene rings is 1. The standard InChI is InChI=1S/C35H46N6O7S/c1-20(2)13-25-31(44)38-26(14-21-9-5-4-6-10-21)35(48)41-16-23(36-33(46)30-24-12-8-7-11-22(24)19-49-30)15-28(41)32(45)39-27(18-42)34(47)40(3)17-29(43)37-25/h4-6,9-10,19-20,23,25-28,42H,7-8,11-18H2,1-3H3,(H,36,46)(H,37,43)(H,38,44)(H,39,45)/t23-,25-,26-,27-,28-/m0/s1. The number of likely N-dealkylation sites (N-methyl/N-ethyl adjacent to an activating group) is 1. The van der Waals surface area contributed by atoms with Gasteiger partial charge in [0.1, 0.15) is 24.2 Å². The van der Waals surface area contributed by atoms with Gasteiger partial charge in [0.25, 0.3) is 5.91 Å². The summed E-state index contributed by atoms with van der Waals surface area (Å²) in [6, 6.07) is 3.92. The van der Waals surface area contributed by atoms with E-state index in [1.165, 1.54) is 28.8 Å². The summed E-state index contributed by atoms with van der Waals surface area (Å²) in [5.74, 6) is -3.39. The third-order valence-corrected chi connectivity index (χ3v) is 10.4. The molecule has 2 aliphatic heterocycles. The smallest absolute Gasteiger partial charge is 0.261 e. The molecule has 2 fully saturated rings. The van der Waals surface area contributed by atoms with E-state index in [1.54, 1.807) is 0 Å². The van der Waals surface area contributed by atoms with Crippen LogP contribution in [-0.4, -0.2) is 107 Å². The van der Waals surface area contributed by atoms with Gasteiger partial charge in [-0.3, -0.25) is 28.8 Å². The number of nitrogens with one attached hydrogen (secondary N) is 4. The van der Waals surface area contributed by atoms with Crippen LogP contribution in [0.15, 0.2) is 35.7 Å². The van der Waals surface area contributed by atoms with Crippen molar-refractivity contribution in [2.75, 3.05) is 26.7 Å². The van der Waals surface area contributed by atoms with Crippen molar-refractivity contribution >= 4 is 46.8 Å². The highest BCUT2D eigenvalue weighted by molar-refractivity contribution is 7.12. The number of amides is 6. The number of nitrogens with zero attached hydrogens (tertiary/aromatic N) is 2. The highest BCUT2D eigenvalue weighted by Gasteiger charge is 2.44. The average molecular weight is 695 g/mol. The SMILES string of the molecule is CC(C)C[C@@H]1NC(=O)CN(C)C(=O)[C@H](CO)NC(=O)[C@@H]2C[C@H](NC(=O)c3scc4c3CCCC4)CN2C(=O)[C@H](Cc2ccccc2)NC1=O. The molecule has 14 heteroatoms. The maximum atomic E-state index is 14.5. The van der Waals surface area contributed by atoms with Crippen LogP contribution >= 0.6 is 11.3 Å². The highest BCUT2D eigenvalue weighted by Crippen LogP contribution is 2.30. The first-order chi connectivity index (χ1) is 23.4. The van der Waals surface area contributed by atoms with Crippen LogP contribution in [0.4, 0.5) is 0 Å². The fourth-order valence-electron chi connectivity index (χ4n) is 6.87. The fourth-order valence-corrected chi connectivity index (χ4v) is 7.93. The lowest BCUT2D eigenvalue weighted by atomic mass is 9.94. The third-order valence-electron chi connectivity index (χ3n) is 9.34. The van der Waals surface area contributed by atoms with Crippen LogP contribution in [0.5, 0.6) is 0 Å². The molecule has 1 aliphatic carbocycles. The van der Waals surface area contributed by atoms with Gasteiger partial charge in [-0.05, 0) is 66.5 Å². The summed E-state index contributed by atoms with van der Waals surface area (Å²) in [5, 5.41) is 23.3. The second-order valence-electron chi connectivity index (χ2n) is 13.6. The Bertz CT molecular complexity index is 1560. The number of hydrogen-bond donors (Lipinski definition) is 5. The van der Waals surface area contributed by atoms with E-state index >= 15 is 0 Å². The molecule has 5 rings (SSSR count). The first-order valence-electron chi connectivity index (χ1n) is 17.0. The second-order valence-corrected chi connectivity index (χ2v) is 14.5. The first-order valence-corrected chi connectivity index (χ1v) is 17.8. The van der Waals surface area contributed by atoms with Crippen molar-refractivity contribution in [1.82, 2.24) is 31.1 Å². The maximum absolute atomic E-state index is 14.5. The molecule has 0 bridgehead atoms. The molecule has 5 atom stereocenters. The minimum atomic E-state index is -1.38. The number of carbonyl (C=O) groups excluding carboxylic acids is 6. The zero-order valence-corrected chi connectivity index (χ0v) is 29.0. The number of rotatable bonds is 7. The van der Waals surface area contributed by atoms with Gasteiger partial charge in [-0.15, -0.1) is 11.3 Å². The molecular formula is C35H46N6O7S. The summed E-state index contributed by atoms with van der Waals surface area (Å²) >= 11 is 1.40. The van der Waals surface area contributed by atoms with Gasteiger partial charge in [0, 0.05) is 26.1 Å². The predicted molar refractivity (Wildman–Crippen MR) is 182 cm³/mol. The Morgan fingerprint density at radius 2 is 1.67 bits per heavy atom. The molecule has 1 aromatic carbocycles. The van der Waals surface area contributed by atoms with Gasteiger partial charge in [0.05, 0.1) is 18.0 Å². The van der Waals surface area contributed by atoms with Crippen LogP contribution in [0.1, 0.15) is 65.9 Å². The lowest BCUT2D eigenvalue weighted by Crippen LogP contribution is -2.58. The molecule has 2 aromatic rings. The zero-order valence-electron chi connectivity index (χ0n) is 28.2. The average Bonchev–Trinajstić information content (AvgIpc) is 3.70. The van der Waals surface area contributed by atoms with E-state index in [9.17, 15) is 33.9 Å². The van der Waals surface area contributed by atoms with Crippen molar-refractivity contribution in [2.24, 2.45) is 5.92 Å². The lowest BCUT2D eigenvalue weighted by Gasteiger charge is -2.30. The van der Waals surface area contributed by atoms with Crippen molar-refractivity contribution < 1.29 is 33.9 Å². The molecule has 1 aromatic heterocycles. The van der Waals surface area contributed by atoms with E-state index in [0.717, 1.165) is 41.7 Å². The summed E-state index contributed by atoms with van der Waals surface area (Å²) in [5.41, 5.74) is 3.01. The summed E-state index contributed by atoms with van der Waals surface area (Å²) in [4.78, 5) is 85.0. The van der Waals surface area contributed by atoms with Gasteiger partial charge in [-0.1, -0.05) is 44.2 Å². The number of aryl methyl sites for hydroxylation is 1. The Kier molecular flexibility index (Phi) is 11.7. The van der Waals surface area contributed by atoms with Crippen LogP contribution in [-0.2, 0) is 43.2 Å². The van der Waals surface area contributed by atoms with Crippen molar-refractivity contribution in [2.45, 2.75) is 89.0 Å². The van der Waals surface area contributed by atoms with Crippen molar-refractivity contribution in [3.63, 3.8) is 0 Å². The van der Waals surface area contributed by atoms with Gasteiger partial charge in [-0.25, -0.2) is 0 Å². The summed E-state index contributed by atoms with van der Waals surface area (Å²) in [6.45, 7) is 2.62. The summed E-state index contributed by atoms with van der Waals surface area (Å²) < 4.78 is 0. The van der Waals surface area contributed by atoms with Crippen LogP contribution in [0.25, 0.3) is 0 Å². The van der Waals surface area contributed by atoms with Crippen LogP contribution in [0.2, 0.25) is 0 Å². The molecular weight excluding hydrogens is 648 g/mol. The number of aliphatic hydroxyl groups is 1. The Morgan fingerprint density at radius 3 is 2.39 bits per heavy atom. The van der Waals surface area contributed by atoms with E-state index in [-0.39, 0.29) is 37.6 Å². The Balaban J connectivity index is 1.48. The molecule has 0 radical (unpaired) electrons. The van der Waals surface area contributed by atoms with E-state index in [1.807, 2.05) is 49.6 Å². The molecule has 5 N–H and O–H groups in total. The van der Waals surface area contributed by atoms with Gasteiger partial charge >= 0.3 is 0 Å². The highest BCUT2D eigenvalue weighted by atomic mass is 32.1. The summed E-state index contributed by atoms with van der Waals surface area (Å²) in [7, 11) is 1.36. The quantitative estimate of drug-likeness (QED) is 0.281. The number of benzene rings is 1. The largest absolute Gasteiger partial charge is 0.394 e. The molecule has 3 heterocycles. The molecule has 2 saturated heterocycles. The number of hydrogen-bond acceptors (Lipinski definition) is 8. The van der Waals surface area contributed by atoms with Crippen LogP contribution < -0.4 is 21.3 Å². The van der Waals surface area contributed by atoms with Crippen molar-refractivity contribution in [3.8, 4) is 0 Å². The number of fused-ring (bicyclic) bond motifs is 2. The molecule has 0 spiro atoms. The maximum Gasteiger partial charge on any atom is 0.261 e. The molecule has 6 amide bonds. The fraction of sp³-hybridized carbons (Fsp3) is 0.543. The van der Waals surface area contributed by atoms with E-state index < -0.39 is 72.9 Å². The first kappa shape index (κ1) is 36.0. The van der Waals surface area contributed by atoms with Gasteiger partial charge in [-0.2, -0.15) is 0 Å². The number of carbonyl (C=O) groups is 6. The zero-order chi connectivity index (χ0) is 35.2. The summed E-state index contributed by atoms with van der Waals surface area (Å²) in [6.07, 6.45) is 4.29. The Hall–Kier alpha value is -4.30. The Morgan fingerprint density at radius 1 is 0.959 bits per heavy atom. The minimum absolute atomic E-state index is 0.00245. The van der Waals surface area contributed by atoms with Crippen molar-refractivity contribution in [3.05, 3.63) is 57.3 Å². The number of aliphatic hydroxyl groups excluding tert-OH is 1. The van der Waals surface area contributed by atoms with Gasteiger partial charge in [0.2, 0.25) is 29.5 Å². The lowest BCUT2D eigenvalue weighted by molar-refractivity contribution is -0.143. The topological polar surface area (TPSA) is 177 Å². The monoisotopic (exact) mass is 694 g/mol. The predicted octanol–water partition coefficient (Wildman–Crippen LogP) is 0.534. The molecule has 3 aliphatic rings. The van der Waals surface area contributed by atoms with Crippen molar-refractivity contribution in [1.29, 1.82) is 0 Å². The molecule has 13 nitrogen and oxygen atoms in total. The Labute approximate surface area is 290 Å². The molecule has 0 unspecified atom stereocenters. The van der Waals surface area contributed by atoms with Gasteiger partial charge in [0.15, 0.2) is 0 Å². The third kappa shape index (κ3) is 8.66.